The number of rotatable bonds is 1. The summed E-state index contributed by atoms with van der Waals surface area (Å²) in [6.07, 6.45) is 9.14. The number of aromatic amines is 1. The van der Waals surface area contributed by atoms with Crippen molar-refractivity contribution in [2.45, 2.75) is 32.1 Å². The van der Waals surface area contributed by atoms with Gasteiger partial charge in [-0.25, -0.2) is 0 Å². The average molecular weight is 281 g/mol. The number of nitrogens with one attached hydrogen (secondary N) is 1. The summed E-state index contributed by atoms with van der Waals surface area (Å²) in [6, 6.07) is 6.17. The van der Waals surface area contributed by atoms with E-state index < -0.39 is 0 Å². The highest BCUT2D eigenvalue weighted by Crippen LogP contribution is 2.32. The summed E-state index contributed by atoms with van der Waals surface area (Å²) in [4.78, 5) is 7.45. The molecule has 3 nitrogen and oxygen atoms in total. The van der Waals surface area contributed by atoms with Crippen LogP contribution in [0, 0.1) is 16.0 Å². The van der Waals surface area contributed by atoms with Crippen LogP contribution in [0.3, 0.4) is 0 Å². The number of hydrogen-bond acceptors (Lipinski definition) is 3. The number of nitriles is 1. The Morgan fingerprint density at radius 3 is 2.85 bits per heavy atom. The topological polar surface area (TPSA) is 52.5 Å². The molecule has 0 saturated heterocycles. The lowest BCUT2D eigenvalue weighted by atomic mass is 9.93. The normalized spacial score (nSPS) is 14.2. The van der Waals surface area contributed by atoms with E-state index in [1.807, 2.05) is 18.3 Å². The molecule has 2 aromatic heterocycles. The second-order valence-corrected chi connectivity index (χ2v) is 5.48. The zero-order valence-corrected chi connectivity index (χ0v) is 12.0. The van der Waals surface area contributed by atoms with Gasteiger partial charge in [0.15, 0.2) is 0 Å². The molecule has 2 heterocycles. The van der Waals surface area contributed by atoms with E-state index in [0.29, 0.717) is 10.2 Å². The molecule has 2 aromatic rings. The van der Waals surface area contributed by atoms with Crippen molar-refractivity contribution in [3.63, 3.8) is 0 Å². The van der Waals surface area contributed by atoms with Gasteiger partial charge >= 0.3 is 0 Å². The van der Waals surface area contributed by atoms with Crippen molar-refractivity contribution in [1.29, 1.82) is 5.26 Å². The van der Waals surface area contributed by atoms with E-state index in [9.17, 15) is 5.26 Å². The fourth-order valence-corrected chi connectivity index (χ4v) is 3.17. The Bertz CT molecular complexity index is 726. The summed E-state index contributed by atoms with van der Waals surface area (Å²) in [5.41, 5.74) is 5.00. The number of fused-ring (bicyclic) bond motifs is 1. The predicted molar refractivity (Wildman–Crippen MR) is 80.8 cm³/mol. The van der Waals surface area contributed by atoms with Gasteiger partial charge < -0.3 is 4.98 Å². The second-order valence-electron chi connectivity index (χ2n) is 5.08. The molecule has 20 heavy (non-hydrogen) atoms. The molecule has 0 spiro atoms. The van der Waals surface area contributed by atoms with Crippen molar-refractivity contribution in [3.05, 3.63) is 46.0 Å². The van der Waals surface area contributed by atoms with Gasteiger partial charge in [0.25, 0.3) is 0 Å². The number of H-pyrrole nitrogens is 1. The highest BCUT2D eigenvalue weighted by molar-refractivity contribution is 7.71. The first kappa shape index (κ1) is 13.0. The first-order chi connectivity index (χ1) is 9.81. The fourth-order valence-electron chi connectivity index (χ4n) is 2.90. The molecule has 0 amide bonds. The lowest BCUT2D eigenvalue weighted by Crippen LogP contribution is -2.03. The van der Waals surface area contributed by atoms with Crippen LogP contribution in [-0.2, 0) is 12.8 Å². The molecule has 4 heteroatoms. The van der Waals surface area contributed by atoms with Gasteiger partial charge in [0.2, 0.25) is 0 Å². The SMILES string of the molecule is N#Cc1c(-c2cccnc2)c2c([nH]c1=S)CCCCC2. The van der Waals surface area contributed by atoms with E-state index in [0.717, 1.165) is 30.4 Å². The first-order valence-electron chi connectivity index (χ1n) is 6.90. The predicted octanol–water partition coefficient (Wildman–Crippen LogP) is 3.95. The minimum atomic E-state index is 0.548. The molecular formula is C16H15N3S. The summed E-state index contributed by atoms with van der Waals surface area (Å²) in [5.74, 6) is 0. The molecule has 0 fully saturated rings. The molecular weight excluding hydrogens is 266 g/mol. The van der Waals surface area contributed by atoms with Crippen LogP contribution in [0.1, 0.15) is 36.1 Å². The van der Waals surface area contributed by atoms with E-state index in [4.69, 9.17) is 12.2 Å². The first-order valence-corrected chi connectivity index (χ1v) is 7.30. The highest BCUT2D eigenvalue weighted by Gasteiger charge is 2.19. The van der Waals surface area contributed by atoms with Crippen LogP contribution in [0.5, 0.6) is 0 Å². The lowest BCUT2D eigenvalue weighted by Gasteiger charge is -2.14. The summed E-state index contributed by atoms with van der Waals surface area (Å²) in [7, 11) is 0. The van der Waals surface area contributed by atoms with E-state index >= 15 is 0 Å². The van der Waals surface area contributed by atoms with Crippen LogP contribution in [0.4, 0.5) is 0 Å². The largest absolute Gasteiger partial charge is 0.349 e. The monoisotopic (exact) mass is 281 g/mol. The van der Waals surface area contributed by atoms with Gasteiger partial charge in [-0.2, -0.15) is 5.26 Å². The van der Waals surface area contributed by atoms with Gasteiger partial charge in [-0.05, 0) is 37.3 Å². The molecule has 0 saturated carbocycles. The Morgan fingerprint density at radius 1 is 1.25 bits per heavy atom. The van der Waals surface area contributed by atoms with Crippen molar-refractivity contribution in [1.82, 2.24) is 9.97 Å². The lowest BCUT2D eigenvalue weighted by molar-refractivity contribution is 0.708. The van der Waals surface area contributed by atoms with Crippen molar-refractivity contribution < 1.29 is 0 Å². The summed E-state index contributed by atoms with van der Waals surface area (Å²) >= 11 is 5.37. The van der Waals surface area contributed by atoms with Gasteiger partial charge in [-0.15, -0.1) is 0 Å². The fraction of sp³-hybridized carbons (Fsp3) is 0.312. The summed E-state index contributed by atoms with van der Waals surface area (Å²) in [6.45, 7) is 0. The van der Waals surface area contributed by atoms with Crippen molar-refractivity contribution in [2.75, 3.05) is 0 Å². The van der Waals surface area contributed by atoms with Crippen LogP contribution in [0.2, 0.25) is 0 Å². The Kier molecular flexibility index (Phi) is 3.62. The third-order valence-corrected chi connectivity index (χ3v) is 4.13. The molecule has 1 aliphatic rings. The number of aromatic nitrogens is 2. The Hall–Kier alpha value is -1.99. The molecule has 1 N–H and O–H groups in total. The maximum Gasteiger partial charge on any atom is 0.122 e. The number of pyridine rings is 2. The Balaban J connectivity index is 2.33. The Morgan fingerprint density at radius 2 is 2.10 bits per heavy atom. The molecule has 0 aliphatic heterocycles. The highest BCUT2D eigenvalue weighted by atomic mass is 32.1. The third-order valence-electron chi connectivity index (χ3n) is 3.82. The molecule has 0 bridgehead atoms. The zero-order chi connectivity index (χ0) is 13.9. The second kappa shape index (κ2) is 5.56. The van der Waals surface area contributed by atoms with Crippen LogP contribution < -0.4 is 0 Å². The molecule has 0 aromatic carbocycles. The molecule has 3 rings (SSSR count). The van der Waals surface area contributed by atoms with Gasteiger partial charge in [0.1, 0.15) is 10.7 Å². The average Bonchev–Trinajstić information content (AvgIpc) is 2.71. The molecule has 0 unspecified atom stereocenters. The van der Waals surface area contributed by atoms with Crippen LogP contribution in [-0.4, -0.2) is 9.97 Å². The summed E-state index contributed by atoms with van der Waals surface area (Å²) < 4.78 is 0.548. The van der Waals surface area contributed by atoms with Gasteiger partial charge in [0.05, 0.1) is 5.56 Å². The maximum atomic E-state index is 9.48. The van der Waals surface area contributed by atoms with Crippen molar-refractivity contribution in [3.8, 4) is 17.2 Å². The summed E-state index contributed by atoms with van der Waals surface area (Å²) in [5, 5.41) is 9.48. The van der Waals surface area contributed by atoms with Gasteiger partial charge in [-0.1, -0.05) is 24.7 Å². The van der Waals surface area contributed by atoms with E-state index in [2.05, 4.69) is 16.0 Å². The van der Waals surface area contributed by atoms with Crippen molar-refractivity contribution >= 4 is 12.2 Å². The molecule has 100 valence electrons. The van der Waals surface area contributed by atoms with Crippen LogP contribution in [0.15, 0.2) is 24.5 Å². The standard InChI is InChI=1S/C16H15N3S/c17-9-13-15(11-5-4-8-18-10-11)12-6-2-1-3-7-14(12)19-16(13)20/h4-5,8,10H,1-3,6-7H2,(H,19,20). The van der Waals surface area contributed by atoms with Crippen LogP contribution >= 0.6 is 12.2 Å². The zero-order valence-electron chi connectivity index (χ0n) is 11.1. The molecule has 1 aliphatic carbocycles. The van der Waals surface area contributed by atoms with E-state index in [-0.39, 0.29) is 0 Å². The number of nitrogens with zero attached hydrogens (tertiary/aromatic N) is 2. The molecule has 0 atom stereocenters. The maximum absolute atomic E-state index is 9.48. The quantitative estimate of drug-likeness (QED) is 0.636. The van der Waals surface area contributed by atoms with Gasteiger partial charge in [-0.3, -0.25) is 4.98 Å². The minimum absolute atomic E-state index is 0.548. The van der Waals surface area contributed by atoms with E-state index in [1.54, 1.807) is 6.20 Å². The van der Waals surface area contributed by atoms with E-state index in [1.165, 1.54) is 24.1 Å². The third kappa shape index (κ3) is 2.25. The molecule has 0 radical (unpaired) electrons. The smallest absolute Gasteiger partial charge is 0.122 e. The van der Waals surface area contributed by atoms with Gasteiger partial charge in [0, 0.05) is 29.2 Å². The number of hydrogen-bond donors (Lipinski definition) is 1. The Labute approximate surface area is 123 Å². The van der Waals surface area contributed by atoms with Crippen molar-refractivity contribution in [2.24, 2.45) is 0 Å². The van der Waals surface area contributed by atoms with Crippen LogP contribution in [0.25, 0.3) is 11.1 Å². The number of aryl methyl sites for hydroxylation is 1. The minimum Gasteiger partial charge on any atom is -0.349 e.